The Morgan fingerprint density at radius 1 is 1.22 bits per heavy atom. The van der Waals surface area contributed by atoms with Crippen molar-refractivity contribution in [2.24, 2.45) is 0 Å². The van der Waals surface area contributed by atoms with Crippen molar-refractivity contribution in [3.05, 3.63) is 30.1 Å². The smallest absolute Gasteiger partial charge is 0.209 e. The molecule has 0 saturated carbocycles. The van der Waals surface area contributed by atoms with Crippen LogP contribution in [-0.4, -0.2) is 67.2 Å². The van der Waals surface area contributed by atoms with E-state index in [1.807, 2.05) is 10.7 Å². The third kappa shape index (κ3) is 4.75. The van der Waals surface area contributed by atoms with Crippen molar-refractivity contribution in [2.75, 3.05) is 51.9 Å². The van der Waals surface area contributed by atoms with Gasteiger partial charge in [-0.2, -0.15) is 0 Å². The van der Waals surface area contributed by atoms with Crippen LogP contribution < -0.4 is 14.5 Å². The Hall–Kier alpha value is -2.19. The first-order valence-corrected chi connectivity index (χ1v) is 9.75. The Bertz CT molecular complexity index is 699. The van der Waals surface area contributed by atoms with Gasteiger partial charge in [-0.1, -0.05) is 19.4 Å². The number of piperazine rings is 1. The zero-order chi connectivity index (χ0) is 19.1. The zero-order valence-electron chi connectivity index (χ0n) is 16.6. The molecule has 8 nitrogen and oxygen atoms in total. The summed E-state index contributed by atoms with van der Waals surface area (Å²) in [5, 5.41) is 12.5. The van der Waals surface area contributed by atoms with Crippen molar-refractivity contribution in [2.45, 2.75) is 32.4 Å². The van der Waals surface area contributed by atoms with Crippen LogP contribution in [0.5, 0.6) is 5.75 Å². The van der Waals surface area contributed by atoms with Crippen molar-refractivity contribution in [3.8, 4) is 5.75 Å². The molecule has 1 aromatic heterocycles. The molecule has 0 unspecified atom stereocenters. The summed E-state index contributed by atoms with van der Waals surface area (Å²) in [7, 11) is 3.42. The monoisotopic (exact) mass is 375 g/mol. The van der Waals surface area contributed by atoms with Gasteiger partial charge in [0.2, 0.25) is 5.82 Å². The first-order chi connectivity index (χ1) is 13.3. The topological polar surface area (TPSA) is 69.7 Å². The highest BCUT2D eigenvalue weighted by molar-refractivity contribution is 5.50. The molecule has 1 aromatic carbocycles. The number of benzene rings is 1. The number of ether oxygens (including phenoxy) is 2. The third-order valence-corrected chi connectivity index (χ3v) is 5.27. The third-order valence-electron chi connectivity index (χ3n) is 5.27. The fourth-order valence-electron chi connectivity index (χ4n) is 3.81. The minimum absolute atomic E-state index is 0.328. The molecule has 1 atom stereocenters. The van der Waals surface area contributed by atoms with Gasteiger partial charge in [-0.15, -0.1) is 5.10 Å². The number of quaternary nitrogens is 1. The summed E-state index contributed by atoms with van der Waals surface area (Å²) >= 11 is 0. The molecule has 1 fully saturated rings. The minimum atomic E-state index is 0.328. The number of aromatic nitrogens is 4. The summed E-state index contributed by atoms with van der Waals surface area (Å²) in [6.45, 7) is 7.71. The normalized spacial score (nSPS) is 16.5. The second-order valence-electron chi connectivity index (χ2n) is 6.94. The maximum absolute atomic E-state index is 5.36. The van der Waals surface area contributed by atoms with E-state index in [4.69, 9.17) is 9.47 Å². The maximum Gasteiger partial charge on any atom is 0.209 e. The van der Waals surface area contributed by atoms with Crippen LogP contribution in [-0.2, 0) is 11.3 Å². The molecular formula is C19H31N6O2+. The van der Waals surface area contributed by atoms with E-state index in [1.165, 1.54) is 5.69 Å². The highest BCUT2D eigenvalue weighted by Gasteiger charge is 2.32. The van der Waals surface area contributed by atoms with Crippen molar-refractivity contribution in [3.63, 3.8) is 0 Å². The molecule has 0 radical (unpaired) electrons. The summed E-state index contributed by atoms with van der Waals surface area (Å²) in [5.74, 6) is 1.89. The van der Waals surface area contributed by atoms with E-state index < -0.39 is 0 Å². The first kappa shape index (κ1) is 19.6. The van der Waals surface area contributed by atoms with Gasteiger partial charge >= 0.3 is 0 Å². The molecule has 1 aliphatic rings. The summed E-state index contributed by atoms with van der Waals surface area (Å²) < 4.78 is 12.5. The first-order valence-electron chi connectivity index (χ1n) is 9.75. The van der Waals surface area contributed by atoms with Gasteiger partial charge < -0.3 is 19.3 Å². The van der Waals surface area contributed by atoms with E-state index in [1.54, 1.807) is 19.1 Å². The van der Waals surface area contributed by atoms with Gasteiger partial charge in [-0.3, -0.25) is 0 Å². The lowest BCUT2D eigenvalue weighted by Crippen LogP contribution is -3.15. The summed E-state index contributed by atoms with van der Waals surface area (Å²) in [6, 6.07) is 8.64. The number of hydrogen-bond acceptors (Lipinski definition) is 6. The molecule has 8 heteroatoms. The zero-order valence-corrected chi connectivity index (χ0v) is 16.6. The van der Waals surface area contributed by atoms with Gasteiger partial charge in [-0.05, 0) is 22.6 Å². The number of rotatable bonds is 9. The van der Waals surface area contributed by atoms with E-state index >= 15 is 0 Å². The highest BCUT2D eigenvalue weighted by Crippen LogP contribution is 2.21. The lowest BCUT2D eigenvalue weighted by Gasteiger charge is -2.37. The van der Waals surface area contributed by atoms with Crippen LogP contribution >= 0.6 is 0 Å². The van der Waals surface area contributed by atoms with Crippen LogP contribution in [0.15, 0.2) is 24.3 Å². The lowest BCUT2D eigenvalue weighted by molar-refractivity contribution is -0.933. The van der Waals surface area contributed by atoms with Crippen molar-refractivity contribution >= 4 is 5.69 Å². The molecule has 27 heavy (non-hydrogen) atoms. The van der Waals surface area contributed by atoms with Gasteiger partial charge in [0.05, 0.1) is 46.4 Å². The van der Waals surface area contributed by atoms with Crippen LogP contribution in [0.2, 0.25) is 0 Å². The van der Waals surface area contributed by atoms with Gasteiger partial charge in [0, 0.05) is 25.3 Å². The summed E-state index contributed by atoms with van der Waals surface area (Å²) in [5.41, 5.74) is 1.23. The number of methoxy groups -OCH3 is 2. The second kappa shape index (κ2) is 9.66. The van der Waals surface area contributed by atoms with Crippen LogP contribution in [0, 0.1) is 0 Å². The Kier molecular flexibility index (Phi) is 7.00. The van der Waals surface area contributed by atoms with Gasteiger partial charge in [0.25, 0.3) is 0 Å². The predicted molar refractivity (Wildman–Crippen MR) is 103 cm³/mol. The van der Waals surface area contributed by atoms with Crippen molar-refractivity contribution < 1.29 is 14.4 Å². The standard InChI is InChI=1S/C19H30N6O2/c1-4-6-18(19-20-21-22-25(19)13-14-26-2)24-11-9-23(10-12-24)16-7-5-8-17(15-16)27-3/h5,7-8,15,18H,4,6,9-14H2,1-3H3/p+1/t18-/m0/s1. The van der Waals surface area contributed by atoms with E-state index in [2.05, 4.69) is 45.5 Å². The molecule has 3 rings (SSSR count). The molecule has 0 bridgehead atoms. The number of hydrogen-bond donors (Lipinski definition) is 1. The minimum Gasteiger partial charge on any atom is -0.497 e. The van der Waals surface area contributed by atoms with Gasteiger partial charge in [0.15, 0.2) is 0 Å². The Balaban J connectivity index is 1.67. The Labute approximate surface area is 161 Å². The van der Waals surface area contributed by atoms with Crippen molar-refractivity contribution in [1.29, 1.82) is 0 Å². The Morgan fingerprint density at radius 3 is 2.74 bits per heavy atom. The van der Waals surface area contributed by atoms with Gasteiger partial charge in [-0.25, -0.2) is 4.68 Å². The average molecular weight is 375 g/mol. The van der Waals surface area contributed by atoms with Crippen molar-refractivity contribution in [1.82, 2.24) is 20.2 Å². The number of tetrazole rings is 1. The molecular weight excluding hydrogens is 344 g/mol. The maximum atomic E-state index is 5.36. The van der Waals surface area contributed by atoms with E-state index in [9.17, 15) is 0 Å². The fourth-order valence-corrected chi connectivity index (χ4v) is 3.81. The molecule has 0 spiro atoms. The van der Waals surface area contributed by atoms with Crippen LogP contribution in [0.3, 0.4) is 0 Å². The SMILES string of the molecule is CCC[C@@H](c1nnnn1CCOC)[NH+]1CCN(c2cccc(OC)c2)CC1. The van der Waals surface area contributed by atoms with Crippen LogP contribution in [0.25, 0.3) is 0 Å². The van der Waals surface area contributed by atoms with E-state index in [0.717, 1.165) is 50.6 Å². The molecule has 0 aliphatic carbocycles. The molecule has 2 aromatic rings. The summed E-state index contributed by atoms with van der Waals surface area (Å²) in [4.78, 5) is 3.99. The van der Waals surface area contributed by atoms with Gasteiger partial charge in [0.1, 0.15) is 11.8 Å². The quantitative estimate of drug-likeness (QED) is 0.691. The molecule has 1 saturated heterocycles. The van der Waals surface area contributed by atoms with E-state index in [0.29, 0.717) is 19.2 Å². The number of nitrogens with one attached hydrogen (secondary N) is 1. The lowest BCUT2D eigenvalue weighted by atomic mass is 10.1. The predicted octanol–water partition coefficient (Wildman–Crippen LogP) is 0.574. The molecule has 148 valence electrons. The number of anilines is 1. The number of nitrogens with zero attached hydrogens (tertiary/aromatic N) is 5. The van der Waals surface area contributed by atoms with Crippen LogP contribution in [0.4, 0.5) is 5.69 Å². The largest absolute Gasteiger partial charge is 0.497 e. The Morgan fingerprint density at radius 2 is 2.04 bits per heavy atom. The average Bonchev–Trinajstić information content (AvgIpc) is 3.19. The molecule has 1 aliphatic heterocycles. The fraction of sp³-hybridized carbons (Fsp3) is 0.632. The summed E-state index contributed by atoms with van der Waals surface area (Å²) in [6.07, 6.45) is 2.20. The molecule has 0 amide bonds. The van der Waals surface area contributed by atoms with E-state index in [-0.39, 0.29) is 0 Å². The molecule has 2 heterocycles. The molecule has 1 N–H and O–H groups in total. The van der Waals surface area contributed by atoms with Crippen LogP contribution in [0.1, 0.15) is 31.6 Å². The second-order valence-corrected chi connectivity index (χ2v) is 6.94. The highest BCUT2D eigenvalue weighted by atomic mass is 16.5.